The van der Waals surface area contributed by atoms with Crippen molar-refractivity contribution in [2.75, 3.05) is 0 Å². The van der Waals surface area contributed by atoms with Gasteiger partial charge in [-0.25, -0.2) is 0 Å². The predicted octanol–water partition coefficient (Wildman–Crippen LogP) is 1.25. The van der Waals surface area contributed by atoms with E-state index in [1.54, 1.807) is 0 Å². The minimum Gasteiger partial charge on any atom is -0.388 e. The van der Waals surface area contributed by atoms with Gasteiger partial charge < -0.3 is 10.6 Å². The lowest BCUT2D eigenvalue weighted by Gasteiger charge is -2.34. The van der Waals surface area contributed by atoms with Crippen molar-refractivity contribution in [3.8, 4) is 0 Å². The summed E-state index contributed by atoms with van der Waals surface area (Å²) in [5.74, 6) is 0.748. The Bertz CT molecular complexity index is 257. The first-order valence-electron chi connectivity index (χ1n) is 5.36. The topological polar surface area (TPSA) is 24.1 Å². The molecule has 13 heavy (non-hydrogen) atoms. The first-order chi connectivity index (χ1) is 6.17. The molecule has 3 aliphatic heterocycles. The van der Waals surface area contributed by atoms with Crippen molar-refractivity contribution < 1.29 is 0 Å². The average molecular weight is 178 g/mol. The highest BCUT2D eigenvalue weighted by Crippen LogP contribution is 2.44. The molecule has 3 heterocycles. The third-order valence-corrected chi connectivity index (χ3v) is 4.15. The fourth-order valence-corrected chi connectivity index (χ4v) is 3.32. The Morgan fingerprint density at radius 3 is 3.00 bits per heavy atom. The zero-order valence-corrected chi connectivity index (χ0v) is 8.38. The van der Waals surface area contributed by atoms with E-state index in [-0.39, 0.29) is 0 Å². The van der Waals surface area contributed by atoms with Crippen molar-refractivity contribution in [2.24, 2.45) is 11.3 Å². The average Bonchev–Trinajstić information content (AvgIpc) is 2.58. The van der Waals surface area contributed by atoms with Crippen LogP contribution >= 0.6 is 0 Å². The van der Waals surface area contributed by atoms with Gasteiger partial charge in [0.2, 0.25) is 0 Å². The second-order valence-electron chi connectivity index (χ2n) is 5.46. The minimum absolute atomic E-state index is 0.504. The maximum absolute atomic E-state index is 3.76. The van der Waals surface area contributed by atoms with Crippen molar-refractivity contribution in [3.63, 3.8) is 0 Å². The van der Waals surface area contributed by atoms with Crippen LogP contribution in [0.25, 0.3) is 0 Å². The van der Waals surface area contributed by atoms with Crippen LogP contribution in [0.4, 0.5) is 0 Å². The van der Waals surface area contributed by atoms with Crippen LogP contribution < -0.4 is 10.6 Å². The normalized spacial score (nSPS) is 50.3. The fourth-order valence-electron chi connectivity index (χ4n) is 3.32. The Hall–Kier alpha value is -0.500. The van der Waals surface area contributed by atoms with Crippen molar-refractivity contribution in [2.45, 2.75) is 44.8 Å². The van der Waals surface area contributed by atoms with Gasteiger partial charge >= 0.3 is 0 Å². The molecule has 0 spiro atoms. The number of rotatable bonds is 0. The molecule has 2 saturated heterocycles. The van der Waals surface area contributed by atoms with Gasteiger partial charge in [0.25, 0.3) is 0 Å². The summed E-state index contributed by atoms with van der Waals surface area (Å²) in [7, 11) is 0. The molecule has 3 aliphatic rings. The molecule has 0 aliphatic carbocycles. The maximum atomic E-state index is 3.76. The molecular formula is C11H18N2. The Balaban J connectivity index is 1.90. The van der Waals surface area contributed by atoms with Gasteiger partial charge in [0, 0.05) is 24.0 Å². The van der Waals surface area contributed by atoms with Crippen LogP contribution in [0.2, 0.25) is 0 Å². The van der Waals surface area contributed by atoms with E-state index < -0.39 is 0 Å². The number of piperidine rings is 1. The molecule has 2 fully saturated rings. The quantitative estimate of drug-likeness (QED) is 0.583. The highest BCUT2D eigenvalue weighted by atomic mass is 15.1. The monoisotopic (exact) mass is 178 g/mol. The van der Waals surface area contributed by atoms with Crippen molar-refractivity contribution in [3.05, 3.63) is 12.3 Å². The molecule has 2 heteroatoms. The first kappa shape index (κ1) is 7.86. The molecule has 72 valence electrons. The summed E-state index contributed by atoms with van der Waals surface area (Å²) in [4.78, 5) is 0. The Labute approximate surface area is 79.8 Å². The number of nitrogens with one attached hydrogen (secondary N) is 2. The molecule has 0 amide bonds. The lowest BCUT2D eigenvalue weighted by molar-refractivity contribution is 0.250. The molecule has 0 aromatic rings. The smallest absolute Gasteiger partial charge is 0.0348 e. The van der Waals surface area contributed by atoms with Crippen LogP contribution in [-0.2, 0) is 0 Å². The van der Waals surface area contributed by atoms with Crippen molar-refractivity contribution >= 4 is 0 Å². The van der Waals surface area contributed by atoms with Gasteiger partial charge in [0.05, 0.1) is 0 Å². The summed E-state index contributed by atoms with van der Waals surface area (Å²) < 4.78 is 0. The third kappa shape index (κ3) is 0.983. The van der Waals surface area contributed by atoms with Gasteiger partial charge in [0.15, 0.2) is 0 Å². The van der Waals surface area contributed by atoms with E-state index in [4.69, 9.17) is 0 Å². The summed E-state index contributed by atoms with van der Waals surface area (Å²) in [6, 6.07) is 2.18. The molecule has 0 saturated carbocycles. The van der Waals surface area contributed by atoms with Gasteiger partial charge in [-0.2, -0.15) is 0 Å². The highest BCUT2D eigenvalue weighted by Gasteiger charge is 2.50. The fraction of sp³-hybridized carbons (Fsp3) is 0.818. The molecule has 0 aromatic heterocycles. The predicted molar refractivity (Wildman–Crippen MR) is 53.3 cm³/mol. The lowest BCUT2D eigenvalue weighted by Crippen LogP contribution is -2.50. The largest absolute Gasteiger partial charge is 0.388 e. The summed E-state index contributed by atoms with van der Waals surface area (Å²) in [5.41, 5.74) is 0.504. The zero-order valence-electron chi connectivity index (χ0n) is 8.38. The highest BCUT2D eigenvalue weighted by molar-refractivity contribution is 5.16. The first-order valence-corrected chi connectivity index (χ1v) is 5.36. The molecule has 2 N–H and O–H groups in total. The van der Waals surface area contributed by atoms with Crippen molar-refractivity contribution in [1.82, 2.24) is 10.6 Å². The molecule has 2 bridgehead atoms. The van der Waals surface area contributed by atoms with E-state index in [1.807, 2.05) is 0 Å². The van der Waals surface area contributed by atoms with Crippen LogP contribution in [0.15, 0.2) is 12.3 Å². The SMILES string of the molecule is CC1(C)C[C@@H]2NC1CC1NC=C[C@@H]12. The second-order valence-corrected chi connectivity index (χ2v) is 5.46. The summed E-state index contributed by atoms with van der Waals surface area (Å²) in [6.07, 6.45) is 7.12. The van der Waals surface area contributed by atoms with Crippen LogP contribution in [0.1, 0.15) is 26.7 Å². The van der Waals surface area contributed by atoms with Gasteiger partial charge in [-0.05, 0) is 24.5 Å². The Kier molecular flexibility index (Phi) is 1.39. The third-order valence-electron chi connectivity index (χ3n) is 4.15. The van der Waals surface area contributed by atoms with Crippen molar-refractivity contribution in [1.29, 1.82) is 0 Å². The second kappa shape index (κ2) is 2.30. The molecule has 4 atom stereocenters. The summed E-state index contributed by atoms with van der Waals surface area (Å²) >= 11 is 0. The van der Waals surface area contributed by atoms with Gasteiger partial charge in [0.1, 0.15) is 0 Å². The van der Waals surface area contributed by atoms with Crippen LogP contribution in [-0.4, -0.2) is 18.1 Å². The molecule has 3 rings (SSSR count). The number of hydrogen-bond donors (Lipinski definition) is 2. The molecular weight excluding hydrogens is 160 g/mol. The Morgan fingerprint density at radius 2 is 2.15 bits per heavy atom. The van der Waals surface area contributed by atoms with Crippen LogP contribution in [0, 0.1) is 11.3 Å². The van der Waals surface area contributed by atoms with E-state index >= 15 is 0 Å². The summed E-state index contributed by atoms with van der Waals surface area (Å²) in [6.45, 7) is 4.80. The Morgan fingerprint density at radius 1 is 1.31 bits per heavy atom. The van der Waals surface area contributed by atoms with E-state index in [0.29, 0.717) is 5.41 Å². The van der Waals surface area contributed by atoms with Crippen LogP contribution in [0.3, 0.4) is 0 Å². The lowest BCUT2D eigenvalue weighted by atomic mass is 9.83. The van der Waals surface area contributed by atoms with E-state index in [2.05, 4.69) is 36.8 Å². The molecule has 2 unspecified atom stereocenters. The van der Waals surface area contributed by atoms with Gasteiger partial charge in [-0.15, -0.1) is 0 Å². The zero-order chi connectivity index (χ0) is 9.05. The number of hydrogen-bond acceptors (Lipinski definition) is 2. The maximum Gasteiger partial charge on any atom is 0.0348 e. The minimum atomic E-state index is 0.504. The van der Waals surface area contributed by atoms with Gasteiger partial charge in [-0.3, -0.25) is 0 Å². The van der Waals surface area contributed by atoms with E-state index in [1.165, 1.54) is 12.8 Å². The van der Waals surface area contributed by atoms with Gasteiger partial charge in [-0.1, -0.05) is 19.9 Å². The summed E-state index contributed by atoms with van der Waals surface area (Å²) in [5, 5.41) is 7.24. The van der Waals surface area contributed by atoms with E-state index in [9.17, 15) is 0 Å². The van der Waals surface area contributed by atoms with Crippen LogP contribution in [0.5, 0.6) is 0 Å². The number of fused-ring (bicyclic) bond motifs is 4. The molecule has 0 aromatic carbocycles. The standard InChI is InChI=1S/C11H18N2/c1-11(2)6-9-7-3-4-12-8(7)5-10(11)13-9/h3-4,7-10,12-13H,5-6H2,1-2H3/t7-,8?,9-,10?/m0/s1. The molecule has 0 radical (unpaired) electrons. The molecule has 2 nitrogen and oxygen atoms in total. The van der Waals surface area contributed by atoms with E-state index in [0.717, 1.165) is 24.0 Å².